The highest BCUT2D eigenvalue weighted by Crippen LogP contribution is 2.21. The van der Waals surface area contributed by atoms with E-state index in [1.165, 1.54) is 0 Å². The third-order valence-electron chi connectivity index (χ3n) is 2.39. The molecule has 0 radical (unpaired) electrons. The van der Waals surface area contributed by atoms with E-state index in [9.17, 15) is 4.79 Å². The molecule has 0 aliphatic heterocycles. The van der Waals surface area contributed by atoms with Crippen LogP contribution in [0.3, 0.4) is 0 Å². The van der Waals surface area contributed by atoms with E-state index in [1.807, 2.05) is 31.4 Å². The first kappa shape index (κ1) is 14.4. The third-order valence-corrected chi connectivity index (χ3v) is 3.38. The predicted octanol–water partition coefficient (Wildman–Crippen LogP) is 3.76. The number of halogens is 1. The summed E-state index contributed by atoms with van der Waals surface area (Å²) >= 11 is 7.30. The van der Waals surface area contributed by atoms with Gasteiger partial charge >= 0.3 is 5.97 Å². The van der Waals surface area contributed by atoms with Gasteiger partial charge in [0.1, 0.15) is 0 Å². The Kier molecular flexibility index (Phi) is 6.45. The fourth-order valence-electron chi connectivity index (χ4n) is 1.56. The van der Waals surface area contributed by atoms with E-state index in [4.69, 9.17) is 16.3 Å². The second kappa shape index (κ2) is 7.62. The van der Waals surface area contributed by atoms with Crippen molar-refractivity contribution in [3.63, 3.8) is 0 Å². The third kappa shape index (κ3) is 4.25. The molecule has 0 heterocycles. The minimum atomic E-state index is -0.243. The molecule has 0 saturated carbocycles. The maximum atomic E-state index is 11.8. The van der Waals surface area contributed by atoms with E-state index in [0.717, 1.165) is 23.3 Å². The average molecular weight is 273 g/mol. The highest BCUT2D eigenvalue weighted by atomic mass is 35.5. The summed E-state index contributed by atoms with van der Waals surface area (Å²) in [5.74, 6) is 0.361. The Morgan fingerprint density at radius 2 is 2.24 bits per heavy atom. The molecule has 17 heavy (non-hydrogen) atoms. The summed E-state index contributed by atoms with van der Waals surface area (Å²) in [6, 6.07) is 5.91. The van der Waals surface area contributed by atoms with Crippen molar-refractivity contribution in [1.82, 2.24) is 0 Å². The second-order valence-corrected chi connectivity index (χ2v) is 4.79. The lowest BCUT2D eigenvalue weighted by atomic mass is 10.0. The van der Waals surface area contributed by atoms with Gasteiger partial charge in [0.05, 0.1) is 12.2 Å². The number of carbonyl (C=O) groups excluding carboxylic acids is 1. The number of thioether (sulfide) groups is 1. The Hall–Kier alpha value is -0.670. The molecule has 2 nitrogen and oxygen atoms in total. The first-order valence-corrected chi connectivity index (χ1v) is 7.38. The molecule has 0 spiro atoms. The molecule has 0 amide bonds. The lowest BCUT2D eigenvalue weighted by molar-refractivity contribution is 0.0525. The molecule has 0 N–H and O–H groups in total. The normalized spacial score (nSPS) is 10.3. The molecule has 0 fully saturated rings. The van der Waals surface area contributed by atoms with Gasteiger partial charge in [-0.3, -0.25) is 0 Å². The summed E-state index contributed by atoms with van der Waals surface area (Å²) in [6.07, 6.45) is 3.67. The summed E-state index contributed by atoms with van der Waals surface area (Å²) in [5, 5.41) is 0. The van der Waals surface area contributed by atoms with Crippen LogP contribution in [-0.2, 0) is 11.2 Å². The fraction of sp³-hybridized carbons (Fsp3) is 0.462. The summed E-state index contributed by atoms with van der Waals surface area (Å²) in [4.78, 5) is 12.9. The molecule has 0 atom stereocenters. The monoisotopic (exact) mass is 272 g/mol. The highest BCUT2D eigenvalue weighted by molar-refractivity contribution is 7.98. The maximum absolute atomic E-state index is 11.8. The van der Waals surface area contributed by atoms with Crippen LogP contribution in [0.25, 0.3) is 0 Å². The Bertz CT molecular complexity index is 380. The van der Waals surface area contributed by atoms with E-state index in [-0.39, 0.29) is 5.97 Å². The number of alkyl halides is 1. The molecule has 1 aromatic carbocycles. The summed E-state index contributed by atoms with van der Waals surface area (Å²) in [7, 11) is 0. The minimum Gasteiger partial charge on any atom is -0.462 e. The number of rotatable bonds is 6. The molecule has 0 aliphatic carbocycles. The van der Waals surface area contributed by atoms with Crippen LogP contribution in [0.5, 0.6) is 0 Å². The standard InChI is InChI=1S/C13H17ClO2S/c1-3-16-13(15)12-9-11(17-2)7-6-10(12)5-4-8-14/h6-7,9H,3-5,8H2,1-2H3. The molecule has 0 aliphatic rings. The number of hydrogen-bond acceptors (Lipinski definition) is 3. The van der Waals surface area contributed by atoms with Gasteiger partial charge in [-0.05, 0) is 43.7 Å². The molecule has 0 aromatic heterocycles. The van der Waals surface area contributed by atoms with Gasteiger partial charge in [-0.2, -0.15) is 0 Å². The predicted molar refractivity (Wildman–Crippen MR) is 73.2 cm³/mol. The van der Waals surface area contributed by atoms with Crippen molar-refractivity contribution < 1.29 is 9.53 Å². The first-order valence-electron chi connectivity index (χ1n) is 5.63. The quantitative estimate of drug-likeness (QED) is 0.448. The van der Waals surface area contributed by atoms with E-state index < -0.39 is 0 Å². The minimum absolute atomic E-state index is 0.243. The molecule has 1 aromatic rings. The molecule has 1 rings (SSSR count). The van der Waals surface area contributed by atoms with Crippen LogP contribution in [0.15, 0.2) is 23.1 Å². The molecular formula is C13H17ClO2S. The molecule has 0 saturated heterocycles. The lowest BCUT2D eigenvalue weighted by Gasteiger charge is -2.09. The highest BCUT2D eigenvalue weighted by Gasteiger charge is 2.12. The molecule has 0 bridgehead atoms. The van der Waals surface area contributed by atoms with Gasteiger partial charge < -0.3 is 4.74 Å². The summed E-state index contributed by atoms with van der Waals surface area (Å²) in [6.45, 7) is 2.21. The molecule has 94 valence electrons. The molecular weight excluding hydrogens is 256 g/mol. The van der Waals surface area contributed by atoms with E-state index in [2.05, 4.69) is 0 Å². The number of carbonyl (C=O) groups is 1. The van der Waals surface area contributed by atoms with Crippen LogP contribution in [0.4, 0.5) is 0 Å². The van der Waals surface area contributed by atoms with Crippen molar-refractivity contribution in [2.75, 3.05) is 18.7 Å². The van der Waals surface area contributed by atoms with Crippen LogP contribution >= 0.6 is 23.4 Å². The van der Waals surface area contributed by atoms with Gasteiger partial charge in [0.15, 0.2) is 0 Å². The lowest BCUT2D eigenvalue weighted by Crippen LogP contribution is -2.08. The summed E-state index contributed by atoms with van der Waals surface area (Å²) in [5.41, 5.74) is 1.69. The Morgan fingerprint density at radius 3 is 2.82 bits per heavy atom. The van der Waals surface area contributed by atoms with Crippen LogP contribution in [0.2, 0.25) is 0 Å². The largest absolute Gasteiger partial charge is 0.462 e. The van der Waals surface area contributed by atoms with Crippen LogP contribution < -0.4 is 0 Å². The zero-order valence-electron chi connectivity index (χ0n) is 10.2. The molecule has 4 heteroatoms. The average Bonchev–Trinajstić information content (AvgIpc) is 2.36. The Labute approximate surface area is 112 Å². The van der Waals surface area contributed by atoms with E-state index in [0.29, 0.717) is 18.1 Å². The van der Waals surface area contributed by atoms with Crippen molar-refractivity contribution in [2.24, 2.45) is 0 Å². The van der Waals surface area contributed by atoms with Crippen molar-refractivity contribution >= 4 is 29.3 Å². The SMILES string of the molecule is CCOC(=O)c1cc(SC)ccc1CCCCl. The van der Waals surface area contributed by atoms with Gasteiger partial charge in [0.25, 0.3) is 0 Å². The van der Waals surface area contributed by atoms with Gasteiger partial charge in [-0.25, -0.2) is 4.79 Å². The number of ether oxygens (including phenoxy) is 1. The van der Waals surface area contributed by atoms with Gasteiger partial charge in [0, 0.05) is 10.8 Å². The van der Waals surface area contributed by atoms with Gasteiger partial charge in [-0.1, -0.05) is 6.07 Å². The van der Waals surface area contributed by atoms with E-state index in [1.54, 1.807) is 11.8 Å². The van der Waals surface area contributed by atoms with Crippen LogP contribution in [-0.4, -0.2) is 24.7 Å². The topological polar surface area (TPSA) is 26.3 Å². The van der Waals surface area contributed by atoms with Crippen molar-refractivity contribution in [2.45, 2.75) is 24.7 Å². The number of esters is 1. The van der Waals surface area contributed by atoms with Crippen LogP contribution in [0, 0.1) is 0 Å². The Balaban J connectivity index is 2.98. The van der Waals surface area contributed by atoms with Crippen molar-refractivity contribution in [3.05, 3.63) is 29.3 Å². The molecule has 0 unspecified atom stereocenters. The smallest absolute Gasteiger partial charge is 0.338 e. The number of hydrogen-bond donors (Lipinski definition) is 0. The second-order valence-electron chi connectivity index (χ2n) is 3.54. The van der Waals surface area contributed by atoms with Crippen molar-refractivity contribution in [3.8, 4) is 0 Å². The Morgan fingerprint density at radius 1 is 1.47 bits per heavy atom. The van der Waals surface area contributed by atoms with Crippen LogP contribution in [0.1, 0.15) is 29.3 Å². The zero-order valence-corrected chi connectivity index (χ0v) is 11.7. The van der Waals surface area contributed by atoms with E-state index >= 15 is 0 Å². The summed E-state index contributed by atoms with van der Waals surface area (Å²) < 4.78 is 5.07. The zero-order chi connectivity index (χ0) is 12.7. The first-order chi connectivity index (χ1) is 8.22. The van der Waals surface area contributed by atoms with Gasteiger partial charge in [-0.15, -0.1) is 23.4 Å². The number of aryl methyl sites for hydroxylation is 1. The van der Waals surface area contributed by atoms with Gasteiger partial charge in [0.2, 0.25) is 0 Å². The van der Waals surface area contributed by atoms with Crippen molar-refractivity contribution in [1.29, 1.82) is 0 Å². The maximum Gasteiger partial charge on any atom is 0.338 e. The number of benzene rings is 1. The fourth-order valence-corrected chi connectivity index (χ4v) is 2.13.